The Labute approximate surface area is 114 Å². The summed E-state index contributed by atoms with van der Waals surface area (Å²) in [4.78, 5) is 0. The molecule has 4 nitrogen and oxygen atoms in total. The predicted molar refractivity (Wildman–Crippen MR) is 67.7 cm³/mol. The van der Waals surface area contributed by atoms with E-state index in [4.69, 9.17) is 10.5 Å². The molecule has 0 unspecified atom stereocenters. The normalized spacial score (nSPS) is 11.7. The Morgan fingerprint density at radius 3 is 2.50 bits per heavy atom. The summed E-state index contributed by atoms with van der Waals surface area (Å²) in [5.41, 5.74) is 5.04. The van der Waals surface area contributed by atoms with Crippen molar-refractivity contribution in [3.8, 4) is 11.4 Å². The molecule has 108 valence electrons. The number of benzene rings is 1. The van der Waals surface area contributed by atoms with Gasteiger partial charge in [-0.15, -0.1) is 0 Å². The van der Waals surface area contributed by atoms with Gasteiger partial charge in [0.15, 0.2) is 5.69 Å². The number of nitrogens with two attached hydrogens (primary N) is 1. The summed E-state index contributed by atoms with van der Waals surface area (Å²) in [5, 5.41) is 3.96. The van der Waals surface area contributed by atoms with Crippen molar-refractivity contribution in [2.45, 2.75) is 19.6 Å². The lowest BCUT2D eigenvalue weighted by molar-refractivity contribution is -0.143. The smallest absolute Gasteiger partial charge is 0.433 e. The molecule has 7 heteroatoms. The Morgan fingerprint density at radius 1 is 1.30 bits per heavy atom. The van der Waals surface area contributed by atoms with Gasteiger partial charge in [-0.2, -0.15) is 18.3 Å². The van der Waals surface area contributed by atoms with Crippen LogP contribution < -0.4 is 10.5 Å². The highest BCUT2D eigenvalue weighted by atomic mass is 19.4. The second kappa shape index (κ2) is 5.16. The Morgan fingerprint density at radius 2 is 1.95 bits per heavy atom. The first-order chi connectivity index (χ1) is 9.40. The number of nitrogens with zero attached hydrogens (tertiary/aromatic N) is 2. The van der Waals surface area contributed by atoms with E-state index in [2.05, 4.69) is 5.10 Å². The van der Waals surface area contributed by atoms with Crippen LogP contribution in [0.4, 0.5) is 13.2 Å². The van der Waals surface area contributed by atoms with Gasteiger partial charge in [0.2, 0.25) is 0 Å². The molecule has 0 aliphatic heterocycles. The van der Waals surface area contributed by atoms with Gasteiger partial charge in [-0.25, -0.2) is 4.68 Å². The number of para-hydroxylation sites is 2. The minimum atomic E-state index is -4.54. The highest BCUT2D eigenvalue weighted by Crippen LogP contribution is 2.36. The zero-order valence-electron chi connectivity index (χ0n) is 11.0. The van der Waals surface area contributed by atoms with Crippen LogP contribution >= 0.6 is 0 Å². The molecule has 0 saturated carbocycles. The van der Waals surface area contributed by atoms with Gasteiger partial charge in [-0.3, -0.25) is 0 Å². The van der Waals surface area contributed by atoms with Gasteiger partial charge in [0, 0.05) is 12.1 Å². The van der Waals surface area contributed by atoms with Gasteiger partial charge in [0.05, 0.1) is 12.8 Å². The number of methoxy groups -OCH3 is 1. The molecule has 0 spiro atoms. The summed E-state index contributed by atoms with van der Waals surface area (Å²) in [5.74, 6) is 0.309. The minimum absolute atomic E-state index is 0.0107. The van der Waals surface area contributed by atoms with Gasteiger partial charge in [-0.05, 0) is 19.1 Å². The fraction of sp³-hybridized carbons (Fsp3) is 0.308. The van der Waals surface area contributed by atoms with E-state index >= 15 is 0 Å². The Hall–Kier alpha value is -2.02. The average molecular weight is 285 g/mol. The molecule has 2 N–H and O–H groups in total. The largest absolute Gasteiger partial charge is 0.494 e. The van der Waals surface area contributed by atoms with E-state index in [0.29, 0.717) is 5.75 Å². The SMILES string of the molecule is COc1ccccc1-n1nc(C)c(CN)c1C(F)(F)F. The van der Waals surface area contributed by atoms with Crippen molar-refractivity contribution >= 4 is 0 Å². The second-order valence-electron chi connectivity index (χ2n) is 4.20. The topological polar surface area (TPSA) is 53.1 Å². The molecule has 20 heavy (non-hydrogen) atoms. The lowest BCUT2D eigenvalue weighted by Crippen LogP contribution is -2.17. The first kappa shape index (κ1) is 14.4. The molecule has 1 heterocycles. The molecular weight excluding hydrogens is 271 g/mol. The van der Waals surface area contributed by atoms with Crippen LogP contribution in [0.1, 0.15) is 17.0 Å². The van der Waals surface area contributed by atoms with Gasteiger partial charge >= 0.3 is 6.18 Å². The highest BCUT2D eigenvalue weighted by molar-refractivity contribution is 5.49. The molecule has 1 aromatic heterocycles. The number of rotatable bonds is 3. The Balaban J connectivity index is 2.75. The maximum absolute atomic E-state index is 13.3. The van der Waals surface area contributed by atoms with E-state index in [1.54, 1.807) is 18.2 Å². The molecule has 1 aromatic carbocycles. The third kappa shape index (κ3) is 2.36. The van der Waals surface area contributed by atoms with Crippen molar-refractivity contribution in [1.82, 2.24) is 9.78 Å². The van der Waals surface area contributed by atoms with E-state index < -0.39 is 11.9 Å². The molecule has 0 atom stereocenters. The van der Waals surface area contributed by atoms with E-state index in [1.165, 1.54) is 20.1 Å². The molecule has 0 amide bonds. The number of hydrogen-bond donors (Lipinski definition) is 1. The van der Waals surface area contributed by atoms with Crippen LogP contribution in [-0.2, 0) is 12.7 Å². The number of halogens is 3. The Kier molecular flexibility index (Phi) is 3.71. The van der Waals surface area contributed by atoms with E-state index in [1.807, 2.05) is 0 Å². The maximum Gasteiger partial charge on any atom is 0.433 e. The number of ether oxygens (including phenoxy) is 1. The van der Waals surface area contributed by atoms with Crippen LogP contribution in [0.2, 0.25) is 0 Å². The minimum Gasteiger partial charge on any atom is -0.494 e. The number of aryl methyl sites for hydroxylation is 1. The standard InChI is InChI=1S/C13H14F3N3O/c1-8-9(7-17)12(13(14,15)16)19(18-8)10-5-3-4-6-11(10)20-2/h3-6H,7,17H2,1-2H3. The van der Waals surface area contributed by atoms with Gasteiger partial charge in [0.1, 0.15) is 11.4 Å². The quantitative estimate of drug-likeness (QED) is 0.943. The molecule has 0 fully saturated rings. The molecule has 0 aliphatic rings. The molecule has 0 bridgehead atoms. The van der Waals surface area contributed by atoms with Crippen LogP contribution in [-0.4, -0.2) is 16.9 Å². The van der Waals surface area contributed by atoms with Crippen LogP contribution in [0.25, 0.3) is 5.69 Å². The first-order valence-corrected chi connectivity index (χ1v) is 5.89. The maximum atomic E-state index is 13.3. The highest BCUT2D eigenvalue weighted by Gasteiger charge is 2.39. The van der Waals surface area contributed by atoms with E-state index in [0.717, 1.165) is 4.68 Å². The third-order valence-corrected chi connectivity index (χ3v) is 2.97. The number of aromatic nitrogens is 2. The third-order valence-electron chi connectivity index (χ3n) is 2.97. The van der Waals surface area contributed by atoms with Crippen LogP contribution in [0.5, 0.6) is 5.75 Å². The number of hydrogen-bond acceptors (Lipinski definition) is 3. The van der Waals surface area contributed by atoms with Crippen molar-refractivity contribution in [3.05, 3.63) is 41.2 Å². The van der Waals surface area contributed by atoms with Crippen molar-refractivity contribution in [2.75, 3.05) is 7.11 Å². The summed E-state index contributed by atoms with van der Waals surface area (Å²) < 4.78 is 45.8. The monoisotopic (exact) mass is 285 g/mol. The summed E-state index contributed by atoms with van der Waals surface area (Å²) in [6, 6.07) is 6.39. The number of alkyl halides is 3. The fourth-order valence-corrected chi connectivity index (χ4v) is 2.07. The summed E-state index contributed by atoms with van der Waals surface area (Å²) in [7, 11) is 1.40. The summed E-state index contributed by atoms with van der Waals surface area (Å²) >= 11 is 0. The predicted octanol–water partition coefficient (Wildman–Crippen LogP) is 2.67. The fourth-order valence-electron chi connectivity index (χ4n) is 2.07. The lowest BCUT2D eigenvalue weighted by atomic mass is 10.2. The summed E-state index contributed by atoms with van der Waals surface area (Å²) in [6.45, 7) is 1.28. The van der Waals surface area contributed by atoms with Crippen LogP contribution in [0, 0.1) is 6.92 Å². The van der Waals surface area contributed by atoms with Crippen molar-refractivity contribution in [1.29, 1.82) is 0 Å². The zero-order chi connectivity index (χ0) is 14.9. The first-order valence-electron chi connectivity index (χ1n) is 5.89. The van der Waals surface area contributed by atoms with E-state index in [-0.39, 0.29) is 23.5 Å². The molecule has 2 rings (SSSR count). The molecule has 2 aromatic rings. The molecule has 0 radical (unpaired) electrons. The van der Waals surface area contributed by atoms with Crippen molar-refractivity contribution < 1.29 is 17.9 Å². The average Bonchev–Trinajstić information content (AvgIpc) is 2.75. The van der Waals surface area contributed by atoms with Crippen molar-refractivity contribution in [3.63, 3.8) is 0 Å². The zero-order valence-corrected chi connectivity index (χ0v) is 11.0. The van der Waals surface area contributed by atoms with Gasteiger partial charge in [0.25, 0.3) is 0 Å². The molecule has 0 saturated heterocycles. The summed E-state index contributed by atoms with van der Waals surface area (Å²) in [6.07, 6.45) is -4.54. The second-order valence-corrected chi connectivity index (χ2v) is 4.20. The van der Waals surface area contributed by atoms with Gasteiger partial charge < -0.3 is 10.5 Å². The molecule has 0 aliphatic carbocycles. The molecular formula is C13H14F3N3O. The lowest BCUT2D eigenvalue weighted by Gasteiger charge is -2.14. The van der Waals surface area contributed by atoms with Gasteiger partial charge in [-0.1, -0.05) is 12.1 Å². The Bertz CT molecular complexity index is 620. The van der Waals surface area contributed by atoms with Crippen molar-refractivity contribution in [2.24, 2.45) is 5.73 Å². The van der Waals surface area contributed by atoms with Crippen LogP contribution in [0.15, 0.2) is 24.3 Å². The van der Waals surface area contributed by atoms with E-state index in [9.17, 15) is 13.2 Å². The van der Waals surface area contributed by atoms with Crippen LogP contribution in [0.3, 0.4) is 0 Å².